The number of benzene rings is 1. The van der Waals surface area contributed by atoms with Crippen LogP contribution in [0.3, 0.4) is 0 Å². The number of ether oxygens (including phenoxy) is 2. The molecule has 1 aromatic carbocycles. The first kappa shape index (κ1) is 16.7. The highest BCUT2D eigenvalue weighted by molar-refractivity contribution is 7.80. The first-order valence-electron chi connectivity index (χ1n) is 6.72. The molecule has 0 aromatic heterocycles. The maximum atomic E-state index is 12.4. The number of carbonyl (C=O) groups excluding carboxylic acids is 1. The van der Waals surface area contributed by atoms with Crippen LogP contribution >= 0.6 is 23.8 Å². The Hall–Kier alpha value is -1.63. The van der Waals surface area contributed by atoms with Crippen molar-refractivity contribution < 1.29 is 14.3 Å². The predicted molar refractivity (Wildman–Crippen MR) is 88.6 cm³/mol. The molecule has 0 spiro atoms. The largest absolute Gasteiger partial charge is 0.460 e. The molecule has 22 heavy (non-hydrogen) atoms. The zero-order chi connectivity index (χ0) is 16.1. The molecule has 5 nitrogen and oxygen atoms in total. The summed E-state index contributed by atoms with van der Waals surface area (Å²) in [4.78, 5) is 12.4. The van der Waals surface area contributed by atoms with E-state index in [0.29, 0.717) is 28.0 Å². The minimum Gasteiger partial charge on any atom is -0.460 e. The zero-order valence-electron chi connectivity index (χ0n) is 12.3. The summed E-state index contributed by atoms with van der Waals surface area (Å²) < 4.78 is 10.1. The predicted octanol–water partition coefficient (Wildman–Crippen LogP) is 2.32. The third kappa shape index (κ3) is 3.97. The van der Waals surface area contributed by atoms with Crippen molar-refractivity contribution in [3.05, 3.63) is 46.1 Å². The van der Waals surface area contributed by atoms with E-state index in [2.05, 4.69) is 10.6 Å². The standard InChI is InChI=1S/C15H17ClN2O3S/c1-9-12(14(19)21-8-7-20-2)13(18-15(22)17-9)10-3-5-11(16)6-4-10/h3-6,13H,7-8H2,1-2H3,(H2,17,18,22)/t13-/m1/s1. The smallest absolute Gasteiger partial charge is 0.338 e. The molecule has 2 N–H and O–H groups in total. The van der Waals surface area contributed by atoms with Crippen LogP contribution < -0.4 is 10.6 Å². The molecule has 1 aromatic rings. The Labute approximate surface area is 139 Å². The van der Waals surface area contributed by atoms with E-state index in [1.807, 2.05) is 12.1 Å². The van der Waals surface area contributed by atoms with Gasteiger partial charge in [-0.15, -0.1) is 0 Å². The average molecular weight is 341 g/mol. The van der Waals surface area contributed by atoms with Crippen molar-refractivity contribution in [3.63, 3.8) is 0 Å². The van der Waals surface area contributed by atoms with E-state index in [-0.39, 0.29) is 12.6 Å². The summed E-state index contributed by atoms with van der Waals surface area (Å²) in [6, 6.07) is 6.87. The SMILES string of the molecule is COCCOC(=O)C1=C(C)NC(=S)N[C@@H]1c1ccc(Cl)cc1. The highest BCUT2D eigenvalue weighted by Gasteiger charge is 2.30. The molecule has 0 bridgehead atoms. The number of hydrogen-bond donors (Lipinski definition) is 2. The van der Waals surface area contributed by atoms with Crippen molar-refractivity contribution in [2.24, 2.45) is 0 Å². The van der Waals surface area contributed by atoms with Crippen LogP contribution in [-0.2, 0) is 14.3 Å². The minimum atomic E-state index is -0.406. The van der Waals surface area contributed by atoms with Gasteiger partial charge in [-0.25, -0.2) is 4.79 Å². The van der Waals surface area contributed by atoms with Crippen LogP contribution in [0.2, 0.25) is 5.02 Å². The first-order chi connectivity index (χ1) is 10.5. The number of thiocarbonyl (C=S) groups is 1. The number of nitrogens with one attached hydrogen (secondary N) is 2. The van der Waals surface area contributed by atoms with Gasteiger partial charge in [-0.05, 0) is 36.8 Å². The van der Waals surface area contributed by atoms with Crippen molar-refractivity contribution in [2.75, 3.05) is 20.3 Å². The summed E-state index contributed by atoms with van der Waals surface area (Å²) in [6.45, 7) is 2.34. The highest BCUT2D eigenvalue weighted by atomic mass is 35.5. The van der Waals surface area contributed by atoms with Crippen LogP contribution in [0.25, 0.3) is 0 Å². The fourth-order valence-corrected chi connectivity index (χ4v) is 2.56. The van der Waals surface area contributed by atoms with Crippen molar-refractivity contribution in [3.8, 4) is 0 Å². The Kier molecular flexibility index (Phi) is 5.76. The topological polar surface area (TPSA) is 59.6 Å². The van der Waals surface area contributed by atoms with Gasteiger partial charge in [-0.1, -0.05) is 23.7 Å². The molecule has 2 rings (SSSR count). The van der Waals surface area contributed by atoms with E-state index in [1.165, 1.54) is 0 Å². The molecule has 0 amide bonds. The summed E-state index contributed by atoms with van der Waals surface area (Å²) in [7, 11) is 1.55. The normalized spacial score (nSPS) is 17.8. The van der Waals surface area contributed by atoms with Gasteiger partial charge in [-0.3, -0.25) is 0 Å². The minimum absolute atomic E-state index is 0.198. The van der Waals surface area contributed by atoms with E-state index >= 15 is 0 Å². The molecular formula is C15H17ClN2O3S. The summed E-state index contributed by atoms with van der Waals surface area (Å²) >= 11 is 11.1. The second kappa shape index (κ2) is 7.58. The lowest BCUT2D eigenvalue weighted by Crippen LogP contribution is -2.45. The van der Waals surface area contributed by atoms with Gasteiger partial charge in [0.05, 0.1) is 18.2 Å². The molecule has 0 saturated carbocycles. The summed E-state index contributed by atoms with van der Waals surface area (Å²) in [5, 5.41) is 7.14. The van der Waals surface area contributed by atoms with Gasteiger partial charge in [0.25, 0.3) is 0 Å². The quantitative estimate of drug-likeness (QED) is 0.487. The third-order valence-electron chi connectivity index (χ3n) is 3.21. The average Bonchev–Trinajstić information content (AvgIpc) is 2.47. The lowest BCUT2D eigenvalue weighted by atomic mass is 9.96. The summed E-state index contributed by atoms with van der Waals surface area (Å²) in [6.07, 6.45) is 0. The Morgan fingerprint density at radius 3 is 2.64 bits per heavy atom. The number of rotatable bonds is 5. The fourth-order valence-electron chi connectivity index (χ4n) is 2.17. The Bertz CT molecular complexity index is 601. The molecule has 0 saturated heterocycles. The number of hydrogen-bond acceptors (Lipinski definition) is 4. The van der Waals surface area contributed by atoms with Gasteiger partial charge in [-0.2, -0.15) is 0 Å². The van der Waals surface area contributed by atoms with Crippen molar-refractivity contribution in [1.29, 1.82) is 0 Å². The number of carbonyl (C=O) groups is 1. The van der Waals surface area contributed by atoms with E-state index in [1.54, 1.807) is 26.2 Å². The van der Waals surface area contributed by atoms with Crippen LogP contribution in [-0.4, -0.2) is 31.4 Å². The van der Waals surface area contributed by atoms with Crippen molar-refractivity contribution in [1.82, 2.24) is 10.6 Å². The van der Waals surface area contributed by atoms with Crippen molar-refractivity contribution in [2.45, 2.75) is 13.0 Å². The molecular weight excluding hydrogens is 324 g/mol. The maximum absolute atomic E-state index is 12.4. The monoisotopic (exact) mass is 340 g/mol. The Balaban J connectivity index is 2.28. The Morgan fingerprint density at radius 1 is 1.32 bits per heavy atom. The van der Waals surface area contributed by atoms with Gasteiger partial charge >= 0.3 is 5.97 Å². The molecule has 1 heterocycles. The van der Waals surface area contributed by atoms with E-state index in [4.69, 9.17) is 33.3 Å². The number of allylic oxidation sites excluding steroid dienone is 1. The fraction of sp³-hybridized carbons (Fsp3) is 0.333. The summed E-state index contributed by atoms with van der Waals surface area (Å²) in [5.41, 5.74) is 2.05. The van der Waals surface area contributed by atoms with Crippen LogP contribution in [0.4, 0.5) is 0 Å². The molecule has 1 aliphatic heterocycles. The lowest BCUT2D eigenvalue weighted by molar-refractivity contribution is -0.140. The van der Waals surface area contributed by atoms with E-state index < -0.39 is 5.97 Å². The van der Waals surface area contributed by atoms with Gasteiger partial charge < -0.3 is 20.1 Å². The van der Waals surface area contributed by atoms with Crippen LogP contribution in [0, 0.1) is 0 Å². The second-order valence-corrected chi connectivity index (χ2v) is 5.60. The molecule has 118 valence electrons. The molecule has 7 heteroatoms. The van der Waals surface area contributed by atoms with Crippen LogP contribution in [0.15, 0.2) is 35.5 Å². The molecule has 1 atom stereocenters. The molecule has 0 aliphatic carbocycles. The van der Waals surface area contributed by atoms with Gasteiger partial charge in [0, 0.05) is 17.8 Å². The third-order valence-corrected chi connectivity index (χ3v) is 3.68. The molecule has 0 unspecified atom stereocenters. The Morgan fingerprint density at radius 2 is 2.00 bits per heavy atom. The van der Waals surface area contributed by atoms with E-state index in [0.717, 1.165) is 5.56 Å². The zero-order valence-corrected chi connectivity index (χ0v) is 13.9. The number of esters is 1. The molecule has 1 aliphatic rings. The maximum Gasteiger partial charge on any atom is 0.338 e. The number of methoxy groups -OCH3 is 1. The van der Waals surface area contributed by atoms with E-state index in [9.17, 15) is 4.79 Å². The van der Waals surface area contributed by atoms with Crippen LogP contribution in [0.1, 0.15) is 18.5 Å². The molecule has 0 fully saturated rings. The number of halogens is 1. The van der Waals surface area contributed by atoms with Crippen molar-refractivity contribution >= 4 is 34.9 Å². The van der Waals surface area contributed by atoms with Gasteiger partial charge in [0.2, 0.25) is 0 Å². The summed E-state index contributed by atoms with van der Waals surface area (Å²) in [5.74, 6) is -0.406. The van der Waals surface area contributed by atoms with Crippen LogP contribution in [0.5, 0.6) is 0 Å². The lowest BCUT2D eigenvalue weighted by Gasteiger charge is -2.29. The first-order valence-corrected chi connectivity index (χ1v) is 7.51. The van der Waals surface area contributed by atoms with Gasteiger partial charge in [0.15, 0.2) is 5.11 Å². The van der Waals surface area contributed by atoms with Gasteiger partial charge in [0.1, 0.15) is 6.61 Å². The highest BCUT2D eigenvalue weighted by Crippen LogP contribution is 2.28. The second-order valence-electron chi connectivity index (χ2n) is 4.75. The molecule has 0 radical (unpaired) electrons.